The molecule has 0 aliphatic rings. The number of rotatable bonds is 4. The largest absolute Gasteiger partial charge is 0.496 e. The van der Waals surface area contributed by atoms with Crippen molar-refractivity contribution in [3.63, 3.8) is 0 Å². The van der Waals surface area contributed by atoms with E-state index >= 15 is 0 Å². The summed E-state index contributed by atoms with van der Waals surface area (Å²) in [5.41, 5.74) is -0.153. The lowest BCUT2D eigenvalue weighted by molar-refractivity contribution is 0.349. The van der Waals surface area contributed by atoms with Crippen LogP contribution in [-0.2, 0) is 0 Å². The normalized spacial score (nSPS) is 10.4. The summed E-state index contributed by atoms with van der Waals surface area (Å²) in [5, 5.41) is 0. The molecule has 0 atom stereocenters. The molecule has 0 radical (unpaired) electrons. The molecule has 0 heterocycles. The van der Waals surface area contributed by atoms with Crippen molar-refractivity contribution < 1.29 is 14.2 Å². The highest BCUT2D eigenvalue weighted by Crippen LogP contribution is 2.38. The van der Waals surface area contributed by atoms with Crippen molar-refractivity contribution in [3.05, 3.63) is 38.6 Å². The fourth-order valence-corrected chi connectivity index (χ4v) is 1.76. The maximum absolute atomic E-state index is 11.4. The molecule has 0 aliphatic heterocycles. The summed E-state index contributed by atoms with van der Waals surface area (Å²) in [4.78, 5) is 22.4. The van der Waals surface area contributed by atoms with Crippen LogP contribution in [0.5, 0.6) is 17.2 Å². The van der Waals surface area contributed by atoms with Gasteiger partial charge in [-0.15, -0.1) is 0 Å². The Morgan fingerprint density at radius 1 is 0.722 bits per heavy atom. The summed E-state index contributed by atoms with van der Waals surface area (Å²) in [6.45, 7) is 0. The third-order valence-electron chi connectivity index (χ3n) is 2.74. The zero-order valence-electron chi connectivity index (χ0n) is 10.3. The molecule has 2 aromatic rings. The Kier molecular flexibility index (Phi) is 3.06. The van der Waals surface area contributed by atoms with Crippen LogP contribution in [0.1, 0.15) is 0 Å². The van der Waals surface area contributed by atoms with Gasteiger partial charge in [0.1, 0.15) is 5.75 Å². The van der Waals surface area contributed by atoms with E-state index in [1.807, 2.05) is 0 Å². The van der Waals surface area contributed by atoms with Gasteiger partial charge in [-0.1, -0.05) is 0 Å². The summed E-state index contributed by atoms with van der Waals surface area (Å²) >= 11 is 0. The molecule has 0 aliphatic carbocycles. The zero-order valence-corrected chi connectivity index (χ0v) is 10.3. The van der Waals surface area contributed by atoms with Gasteiger partial charge in [-0.3, -0.25) is 9.59 Å². The van der Waals surface area contributed by atoms with Crippen LogP contribution in [-0.4, -0.2) is 21.3 Å². The molecule has 94 valence electrons. The molecule has 2 aromatic carbocycles. The highest BCUT2D eigenvalue weighted by Gasteiger charge is 2.19. The first-order valence-electron chi connectivity index (χ1n) is 5.23. The van der Waals surface area contributed by atoms with Crippen LogP contribution in [0.4, 0.5) is 0 Å². The number of hydrogen-bond donors (Lipinski definition) is 0. The number of hydrogen-bond acceptors (Lipinski definition) is 5. The Morgan fingerprint density at radius 3 is 1.72 bits per heavy atom. The van der Waals surface area contributed by atoms with Gasteiger partial charge in [-0.2, -0.15) is 0 Å². The first-order valence-corrected chi connectivity index (χ1v) is 5.23. The quantitative estimate of drug-likeness (QED) is 0.755. The van der Waals surface area contributed by atoms with Crippen molar-refractivity contribution in [2.24, 2.45) is 0 Å². The molecule has 0 amide bonds. The summed E-state index contributed by atoms with van der Waals surface area (Å²) in [6.07, 6.45) is 0. The lowest BCUT2D eigenvalue weighted by atomic mass is 10.00. The van der Waals surface area contributed by atoms with E-state index in [2.05, 4.69) is 0 Å². The Labute approximate surface area is 103 Å². The Bertz CT molecular complexity index is 650. The summed E-state index contributed by atoms with van der Waals surface area (Å²) < 4.78 is 15.5. The third kappa shape index (κ3) is 1.73. The fraction of sp³-hybridized carbons (Fsp3) is 0.231. The second-order valence-electron chi connectivity index (χ2n) is 3.66. The van der Waals surface area contributed by atoms with E-state index in [9.17, 15) is 9.59 Å². The summed E-state index contributed by atoms with van der Waals surface area (Å²) in [5.74, 6) is 1.43. The van der Waals surface area contributed by atoms with Gasteiger partial charge in [0.25, 0.3) is 0 Å². The van der Waals surface area contributed by atoms with E-state index in [-0.39, 0.29) is 0 Å². The molecule has 0 N–H and O–H groups in total. The van der Waals surface area contributed by atoms with Gasteiger partial charge in [0.05, 0.1) is 21.3 Å². The van der Waals surface area contributed by atoms with Crippen molar-refractivity contribution in [1.82, 2.24) is 0 Å². The predicted octanol–water partition coefficient (Wildman–Crippen LogP) is 0.975. The molecule has 0 saturated heterocycles. The second kappa shape index (κ2) is 4.52. The Balaban J connectivity index is 2.64. The zero-order chi connectivity index (χ0) is 13.3. The van der Waals surface area contributed by atoms with Crippen molar-refractivity contribution in [1.29, 1.82) is 0 Å². The maximum atomic E-state index is 11.4. The molecule has 0 saturated carbocycles. The Hall–Kier alpha value is -2.30. The van der Waals surface area contributed by atoms with Crippen molar-refractivity contribution >= 4 is 0 Å². The molecule has 2 rings (SSSR count). The molecule has 0 aromatic heterocycles. The monoisotopic (exact) mass is 248 g/mol. The van der Waals surface area contributed by atoms with Gasteiger partial charge in [0, 0.05) is 23.3 Å². The van der Waals surface area contributed by atoms with Gasteiger partial charge in [-0.05, 0) is 6.07 Å². The summed E-state index contributed by atoms with van der Waals surface area (Å²) in [7, 11) is 4.49. The van der Waals surface area contributed by atoms with Crippen LogP contribution in [0.2, 0.25) is 0 Å². The van der Waals surface area contributed by atoms with Crippen LogP contribution in [0.3, 0.4) is 0 Å². The standard InChI is InChI=1S/C13H12O5/c1-16-10-6-12(18-3)11(17-2)5-7(10)8-4-9(14)13(8)15/h4-6H,1-3H3. The minimum absolute atomic E-state index is 0.331. The molecule has 0 spiro atoms. The van der Waals surface area contributed by atoms with Crippen LogP contribution < -0.4 is 25.1 Å². The third-order valence-corrected chi connectivity index (χ3v) is 2.74. The number of methoxy groups -OCH3 is 3. The van der Waals surface area contributed by atoms with Crippen LogP contribution in [0.25, 0.3) is 11.1 Å². The smallest absolute Gasteiger partial charge is 0.233 e. The molecule has 0 unspecified atom stereocenters. The highest BCUT2D eigenvalue weighted by molar-refractivity contribution is 5.75. The molecular formula is C13H12O5. The molecule has 5 heteroatoms. The van der Waals surface area contributed by atoms with E-state index in [0.29, 0.717) is 28.4 Å². The number of benzene rings is 1. The average Bonchev–Trinajstić information content (AvgIpc) is 2.42. The van der Waals surface area contributed by atoms with E-state index < -0.39 is 10.9 Å². The topological polar surface area (TPSA) is 61.8 Å². The van der Waals surface area contributed by atoms with Crippen molar-refractivity contribution in [2.45, 2.75) is 0 Å². The molecular weight excluding hydrogens is 236 g/mol. The van der Waals surface area contributed by atoms with Gasteiger partial charge in [0.15, 0.2) is 11.5 Å². The minimum Gasteiger partial charge on any atom is -0.496 e. The van der Waals surface area contributed by atoms with Crippen LogP contribution in [0, 0.1) is 0 Å². The van der Waals surface area contributed by atoms with E-state index in [0.717, 1.165) is 0 Å². The number of ether oxygens (including phenoxy) is 3. The Morgan fingerprint density at radius 2 is 1.28 bits per heavy atom. The summed E-state index contributed by atoms with van der Waals surface area (Å²) in [6, 6.07) is 4.52. The van der Waals surface area contributed by atoms with Gasteiger partial charge >= 0.3 is 0 Å². The van der Waals surface area contributed by atoms with Gasteiger partial charge in [-0.25, -0.2) is 0 Å². The minimum atomic E-state index is -0.513. The van der Waals surface area contributed by atoms with Crippen molar-refractivity contribution in [2.75, 3.05) is 21.3 Å². The SMILES string of the molecule is COc1cc(OC)c(-c2cc(=O)c2=O)cc1OC. The fourth-order valence-electron chi connectivity index (χ4n) is 1.76. The first-order chi connectivity index (χ1) is 8.62. The van der Waals surface area contributed by atoms with E-state index in [4.69, 9.17) is 14.2 Å². The second-order valence-corrected chi connectivity index (χ2v) is 3.66. The van der Waals surface area contributed by atoms with Crippen LogP contribution >= 0.6 is 0 Å². The average molecular weight is 248 g/mol. The first kappa shape index (κ1) is 12.2. The molecule has 18 heavy (non-hydrogen) atoms. The van der Waals surface area contributed by atoms with E-state index in [1.54, 1.807) is 12.1 Å². The van der Waals surface area contributed by atoms with Gasteiger partial charge < -0.3 is 14.2 Å². The lowest BCUT2D eigenvalue weighted by Crippen LogP contribution is -2.30. The van der Waals surface area contributed by atoms with Gasteiger partial charge in [0.2, 0.25) is 10.9 Å². The predicted molar refractivity (Wildman–Crippen MR) is 66.4 cm³/mol. The molecule has 0 fully saturated rings. The van der Waals surface area contributed by atoms with Crippen molar-refractivity contribution in [3.8, 4) is 28.4 Å². The molecule has 5 nitrogen and oxygen atoms in total. The molecule has 0 bridgehead atoms. The lowest BCUT2D eigenvalue weighted by Gasteiger charge is -2.14. The van der Waals surface area contributed by atoms with E-state index in [1.165, 1.54) is 27.4 Å². The highest BCUT2D eigenvalue weighted by atomic mass is 16.5. The maximum Gasteiger partial charge on any atom is 0.233 e. The van der Waals surface area contributed by atoms with Crippen LogP contribution in [0.15, 0.2) is 27.8 Å².